The Kier molecular flexibility index (Phi) is 3.37. The molecule has 1 aromatic rings. The minimum atomic E-state index is -0.446. The quantitative estimate of drug-likeness (QED) is 0.804. The first-order valence-electron chi connectivity index (χ1n) is 6.27. The molecule has 0 unspecified atom stereocenters. The zero-order valence-electron chi connectivity index (χ0n) is 11.7. The Balaban J connectivity index is 2.13. The minimum Gasteiger partial charge on any atom is -0.508 e. The zero-order valence-corrected chi connectivity index (χ0v) is 11.7. The summed E-state index contributed by atoms with van der Waals surface area (Å²) in [6.45, 7) is 7.94. The monoisotopic (exact) mass is 262 g/mol. The van der Waals surface area contributed by atoms with E-state index in [4.69, 9.17) is 9.31 Å². The van der Waals surface area contributed by atoms with Crippen LogP contribution in [0.3, 0.4) is 0 Å². The molecule has 102 valence electrons. The molecule has 0 amide bonds. The van der Waals surface area contributed by atoms with Crippen LogP contribution in [0.2, 0.25) is 0 Å². The predicted molar refractivity (Wildman–Crippen MR) is 74.9 cm³/mol. The molecule has 0 radical (unpaired) electrons. The SMILES string of the molecule is CC1(C)OB(/C=C/c2ccc(O)cc2O)OC1(C)C. The first kappa shape index (κ1) is 14.0. The van der Waals surface area contributed by atoms with E-state index in [0.29, 0.717) is 5.56 Å². The maximum Gasteiger partial charge on any atom is 0.487 e. The lowest BCUT2D eigenvalue weighted by molar-refractivity contribution is 0.00578. The van der Waals surface area contributed by atoms with Gasteiger partial charge in [-0.25, -0.2) is 0 Å². The van der Waals surface area contributed by atoms with Gasteiger partial charge >= 0.3 is 7.12 Å². The van der Waals surface area contributed by atoms with Crippen LogP contribution in [0.1, 0.15) is 33.3 Å². The van der Waals surface area contributed by atoms with Crippen LogP contribution in [0.25, 0.3) is 6.08 Å². The predicted octanol–water partition coefficient (Wildman–Crippen LogP) is 2.74. The first-order chi connectivity index (χ1) is 8.71. The topological polar surface area (TPSA) is 58.9 Å². The van der Waals surface area contributed by atoms with Crippen molar-refractivity contribution in [1.29, 1.82) is 0 Å². The highest BCUT2D eigenvalue weighted by Gasteiger charge is 2.49. The van der Waals surface area contributed by atoms with Gasteiger partial charge in [0.25, 0.3) is 0 Å². The summed E-state index contributed by atoms with van der Waals surface area (Å²) in [4.78, 5) is 0. The summed E-state index contributed by atoms with van der Waals surface area (Å²) in [5, 5.41) is 18.9. The average Bonchev–Trinajstić information content (AvgIpc) is 2.46. The Bertz CT molecular complexity index is 492. The van der Waals surface area contributed by atoms with Gasteiger partial charge in [-0.3, -0.25) is 0 Å². The van der Waals surface area contributed by atoms with Crippen LogP contribution in [0.4, 0.5) is 0 Å². The zero-order chi connectivity index (χ0) is 14.3. The van der Waals surface area contributed by atoms with Crippen molar-refractivity contribution in [3.8, 4) is 11.5 Å². The summed E-state index contributed by atoms with van der Waals surface area (Å²) >= 11 is 0. The molecule has 0 spiro atoms. The van der Waals surface area contributed by atoms with Crippen molar-refractivity contribution in [3.05, 3.63) is 29.7 Å². The fraction of sp³-hybridized carbons (Fsp3) is 0.429. The summed E-state index contributed by atoms with van der Waals surface area (Å²) in [5.74, 6) is 1.81. The Labute approximate surface area is 113 Å². The van der Waals surface area contributed by atoms with Crippen molar-refractivity contribution in [2.75, 3.05) is 0 Å². The van der Waals surface area contributed by atoms with E-state index in [2.05, 4.69) is 0 Å². The van der Waals surface area contributed by atoms with Crippen molar-refractivity contribution in [1.82, 2.24) is 0 Å². The standard InChI is InChI=1S/C14H19BO4/c1-13(2)14(3,4)19-15(18-13)8-7-10-5-6-11(16)9-12(10)17/h5-9,16-17H,1-4H3/b8-7+. The Morgan fingerprint density at radius 1 is 1.05 bits per heavy atom. The molecule has 0 atom stereocenters. The van der Waals surface area contributed by atoms with E-state index in [1.807, 2.05) is 27.7 Å². The third-order valence-corrected chi connectivity index (χ3v) is 3.72. The number of aromatic hydroxyl groups is 2. The van der Waals surface area contributed by atoms with Crippen molar-refractivity contribution in [2.24, 2.45) is 0 Å². The lowest BCUT2D eigenvalue weighted by Gasteiger charge is -2.32. The molecule has 4 nitrogen and oxygen atoms in total. The molecule has 2 rings (SSSR count). The van der Waals surface area contributed by atoms with Crippen LogP contribution in [0.5, 0.6) is 11.5 Å². The van der Waals surface area contributed by atoms with Crippen LogP contribution in [-0.4, -0.2) is 28.5 Å². The molecular weight excluding hydrogens is 243 g/mol. The molecule has 5 heteroatoms. The molecule has 0 bridgehead atoms. The van der Waals surface area contributed by atoms with E-state index < -0.39 is 7.12 Å². The van der Waals surface area contributed by atoms with Gasteiger partial charge in [-0.15, -0.1) is 0 Å². The Hall–Kier alpha value is -1.46. The van der Waals surface area contributed by atoms with Crippen LogP contribution in [-0.2, 0) is 9.31 Å². The van der Waals surface area contributed by atoms with Gasteiger partial charge in [0.05, 0.1) is 11.2 Å². The molecule has 1 aliphatic rings. The van der Waals surface area contributed by atoms with E-state index in [1.54, 1.807) is 18.1 Å². The number of rotatable bonds is 2. The maximum atomic E-state index is 9.68. The number of benzene rings is 1. The van der Waals surface area contributed by atoms with Crippen LogP contribution in [0, 0.1) is 0 Å². The summed E-state index contributed by atoms with van der Waals surface area (Å²) in [6, 6.07) is 4.44. The molecule has 1 fully saturated rings. The summed E-state index contributed by atoms with van der Waals surface area (Å²) < 4.78 is 11.6. The summed E-state index contributed by atoms with van der Waals surface area (Å²) in [5.41, 5.74) is -0.148. The van der Waals surface area contributed by atoms with E-state index in [0.717, 1.165) is 0 Å². The van der Waals surface area contributed by atoms with Crippen LogP contribution in [0.15, 0.2) is 24.2 Å². The van der Waals surface area contributed by atoms with Crippen molar-refractivity contribution >= 4 is 13.2 Å². The minimum absolute atomic E-state index is 0.0211. The molecular formula is C14H19BO4. The number of hydrogen-bond acceptors (Lipinski definition) is 4. The van der Waals surface area contributed by atoms with E-state index >= 15 is 0 Å². The normalized spacial score (nSPS) is 21.2. The third kappa shape index (κ3) is 2.77. The fourth-order valence-electron chi connectivity index (χ4n) is 1.82. The van der Waals surface area contributed by atoms with Gasteiger partial charge in [0.1, 0.15) is 11.5 Å². The molecule has 1 heterocycles. The third-order valence-electron chi connectivity index (χ3n) is 3.72. The number of phenolic OH excluding ortho intramolecular Hbond substituents is 2. The maximum absolute atomic E-state index is 9.68. The van der Waals surface area contributed by atoms with E-state index in [9.17, 15) is 10.2 Å². The average molecular weight is 262 g/mol. The Morgan fingerprint density at radius 2 is 1.63 bits per heavy atom. The molecule has 19 heavy (non-hydrogen) atoms. The highest BCUT2D eigenvalue weighted by atomic mass is 16.7. The van der Waals surface area contributed by atoms with E-state index in [-0.39, 0.29) is 22.7 Å². The van der Waals surface area contributed by atoms with Crippen LogP contribution >= 0.6 is 0 Å². The number of phenols is 2. The molecule has 2 N–H and O–H groups in total. The highest BCUT2D eigenvalue weighted by Crippen LogP contribution is 2.37. The lowest BCUT2D eigenvalue weighted by atomic mass is 9.89. The highest BCUT2D eigenvalue weighted by molar-refractivity contribution is 6.52. The smallest absolute Gasteiger partial charge is 0.487 e. The van der Waals surface area contributed by atoms with Gasteiger partial charge in [0.15, 0.2) is 0 Å². The van der Waals surface area contributed by atoms with Crippen LogP contribution < -0.4 is 0 Å². The second-order valence-electron chi connectivity index (χ2n) is 5.73. The van der Waals surface area contributed by atoms with Crippen molar-refractivity contribution in [3.63, 3.8) is 0 Å². The largest absolute Gasteiger partial charge is 0.508 e. The van der Waals surface area contributed by atoms with Gasteiger partial charge in [0.2, 0.25) is 0 Å². The Morgan fingerprint density at radius 3 is 2.16 bits per heavy atom. The molecule has 1 aromatic carbocycles. The molecule has 1 saturated heterocycles. The molecule has 1 aliphatic heterocycles. The van der Waals surface area contributed by atoms with E-state index in [1.165, 1.54) is 12.1 Å². The first-order valence-corrected chi connectivity index (χ1v) is 6.27. The molecule has 0 saturated carbocycles. The van der Waals surface area contributed by atoms with Gasteiger partial charge in [-0.1, -0.05) is 12.1 Å². The second-order valence-corrected chi connectivity index (χ2v) is 5.73. The second kappa shape index (κ2) is 4.58. The van der Waals surface area contributed by atoms with Gasteiger partial charge in [0, 0.05) is 11.6 Å². The van der Waals surface area contributed by atoms with Crippen molar-refractivity contribution < 1.29 is 19.5 Å². The van der Waals surface area contributed by atoms with Gasteiger partial charge in [-0.2, -0.15) is 0 Å². The van der Waals surface area contributed by atoms with Gasteiger partial charge < -0.3 is 19.5 Å². The fourth-order valence-corrected chi connectivity index (χ4v) is 1.82. The lowest BCUT2D eigenvalue weighted by Crippen LogP contribution is -2.41. The number of hydrogen-bond donors (Lipinski definition) is 2. The molecule has 0 aromatic heterocycles. The summed E-state index contributed by atoms with van der Waals surface area (Å²) in [7, 11) is -0.446. The summed E-state index contributed by atoms with van der Waals surface area (Å²) in [6.07, 6.45) is 1.72. The molecule has 0 aliphatic carbocycles. The van der Waals surface area contributed by atoms with Crippen molar-refractivity contribution in [2.45, 2.75) is 38.9 Å². The van der Waals surface area contributed by atoms with Gasteiger partial charge in [-0.05, 0) is 39.8 Å².